The topological polar surface area (TPSA) is 149 Å². The van der Waals surface area contributed by atoms with Crippen molar-refractivity contribution in [3.63, 3.8) is 0 Å². The Morgan fingerprint density at radius 3 is 2.21 bits per heavy atom. The van der Waals surface area contributed by atoms with Gasteiger partial charge >= 0.3 is 5.97 Å². The van der Waals surface area contributed by atoms with Crippen LogP contribution in [-0.2, 0) is 19.2 Å². The summed E-state index contributed by atoms with van der Waals surface area (Å²) in [4.78, 5) is 50.6. The van der Waals surface area contributed by atoms with E-state index in [-0.39, 0.29) is 42.2 Å². The number of fused-ring (bicyclic) bond motifs is 4. The Bertz CT molecular complexity index is 1110. The molecular weight excluding hydrogens is 488 g/mol. The van der Waals surface area contributed by atoms with Crippen LogP contribution in [0.3, 0.4) is 0 Å². The van der Waals surface area contributed by atoms with Crippen molar-refractivity contribution < 1.29 is 39.6 Å². The van der Waals surface area contributed by atoms with Gasteiger partial charge in [0.05, 0.1) is 12.2 Å². The molecule has 0 unspecified atom stereocenters. The number of hydrogen-bond acceptors (Lipinski definition) is 7. The first kappa shape index (κ1) is 29.1. The van der Waals surface area contributed by atoms with E-state index in [1.54, 1.807) is 0 Å². The summed E-state index contributed by atoms with van der Waals surface area (Å²) in [5.74, 6) is -4.00. The Morgan fingerprint density at radius 2 is 1.63 bits per heavy atom. The molecule has 10 atom stereocenters. The Kier molecular flexibility index (Phi) is 6.94. The summed E-state index contributed by atoms with van der Waals surface area (Å²) in [5.41, 5.74) is -1.69. The first-order valence-corrected chi connectivity index (χ1v) is 14.0. The van der Waals surface area contributed by atoms with Gasteiger partial charge in [-0.3, -0.25) is 19.2 Å². The summed E-state index contributed by atoms with van der Waals surface area (Å²) < 4.78 is 0. The third-order valence-corrected chi connectivity index (χ3v) is 11.8. The van der Waals surface area contributed by atoms with Gasteiger partial charge in [0.25, 0.3) is 0 Å². The molecule has 4 N–H and O–H groups in total. The zero-order valence-corrected chi connectivity index (χ0v) is 23.7. The summed E-state index contributed by atoms with van der Waals surface area (Å²) in [7, 11) is 0. The van der Waals surface area contributed by atoms with E-state index < -0.39 is 57.6 Å². The minimum absolute atomic E-state index is 0.0260. The van der Waals surface area contributed by atoms with Crippen LogP contribution in [0.2, 0.25) is 0 Å². The van der Waals surface area contributed by atoms with Crippen LogP contribution in [0.1, 0.15) is 87.0 Å². The first-order valence-electron chi connectivity index (χ1n) is 14.0. The molecule has 0 aliphatic heterocycles. The monoisotopic (exact) mass is 532 g/mol. The highest BCUT2D eigenvalue weighted by Gasteiger charge is 2.70. The fraction of sp³-hybridized carbons (Fsp3) is 0.800. The van der Waals surface area contributed by atoms with E-state index in [4.69, 9.17) is 0 Å². The molecule has 0 radical (unpaired) electrons. The van der Waals surface area contributed by atoms with Crippen LogP contribution >= 0.6 is 0 Å². The molecule has 0 aromatic heterocycles. The number of aliphatic hydroxyl groups is 3. The number of carboxylic acid groups (broad SMARTS) is 1. The molecule has 8 heteroatoms. The number of hydrogen-bond donors (Lipinski definition) is 4. The van der Waals surface area contributed by atoms with Crippen LogP contribution in [0.4, 0.5) is 0 Å². The maximum atomic E-state index is 14.1. The zero-order valence-electron chi connectivity index (χ0n) is 23.7. The van der Waals surface area contributed by atoms with E-state index in [2.05, 4.69) is 0 Å². The first-order chi connectivity index (χ1) is 17.4. The fourth-order valence-corrected chi connectivity index (χ4v) is 9.23. The van der Waals surface area contributed by atoms with Gasteiger partial charge in [-0.05, 0) is 61.3 Å². The SMILES string of the molecule is C[C@@H](C(=O)O)C(=O)[C@@H](O)C[C@@H](C)[C@H]1C[C@H](O)[C@@]2(C)C3=C(C(=O)C[C@]12C)[C@@]1(C)CCC(=O)C(C)(C)[C@H]1C[C@H]3O. The maximum absolute atomic E-state index is 14.1. The van der Waals surface area contributed by atoms with Crippen molar-refractivity contribution >= 4 is 23.3 Å². The summed E-state index contributed by atoms with van der Waals surface area (Å²) >= 11 is 0. The quantitative estimate of drug-likeness (QED) is 0.381. The molecule has 0 amide bonds. The Labute approximate surface area is 224 Å². The molecule has 0 aromatic carbocycles. The lowest BCUT2D eigenvalue weighted by molar-refractivity contribution is -0.149. The Balaban J connectivity index is 1.75. The van der Waals surface area contributed by atoms with E-state index in [0.717, 1.165) is 0 Å². The second-order valence-electron chi connectivity index (χ2n) is 13.9. The second kappa shape index (κ2) is 9.07. The van der Waals surface area contributed by atoms with E-state index in [0.29, 0.717) is 36.8 Å². The van der Waals surface area contributed by atoms with E-state index in [9.17, 15) is 39.6 Å². The molecule has 8 nitrogen and oxygen atoms in total. The number of aliphatic carboxylic acids is 1. The Hall–Kier alpha value is -1.90. The van der Waals surface area contributed by atoms with Crippen molar-refractivity contribution in [3.8, 4) is 0 Å². The van der Waals surface area contributed by atoms with Gasteiger partial charge in [0.15, 0.2) is 11.6 Å². The molecule has 0 aromatic rings. The molecule has 0 saturated heterocycles. The van der Waals surface area contributed by atoms with Crippen molar-refractivity contribution in [3.05, 3.63) is 11.1 Å². The van der Waals surface area contributed by atoms with Gasteiger partial charge in [0, 0.05) is 34.7 Å². The van der Waals surface area contributed by atoms with Crippen molar-refractivity contribution in [1.82, 2.24) is 0 Å². The van der Waals surface area contributed by atoms with E-state index in [1.807, 2.05) is 41.5 Å². The highest BCUT2D eigenvalue weighted by atomic mass is 16.4. The molecular formula is C30H44O8. The average Bonchev–Trinajstić information content (AvgIpc) is 3.03. The Morgan fingerprint density at radius 1 is 1.03 bits per heavy atom. The van der Waals surface area contributed by atoms with Crippen molar-refractivity contribution in [2.24, 2.45) is 45.3 Å². The van der Waals surface area contributed by atoms with Gasteiger partial charge in [0.1, 0.15) is 17.8 Å². The molecule has 0 spiro atoms. The second-order valence-corrected chi connectivity index (χ2v) is 13.9. The van der Waals surface area contributed by atoms with E-state index >= 15 is 0 Å². The lowest BCUT2D eigenvalue weighted by Gasteiger charge is -2.61. The van der Waals surface area contributed by atoms with Gasteiger partial charge in [-0.25, -0.2) is 0 Å². The highest BCUT2D eigenvalue weighted by molar-refractivity contribution is 6.01. The molecule has 0 heterocycles. The molecule has 4 aliphatic carbocycles. The predicted octanol–water partition coefficient (Wildman–Crippen LogP) is 3.10. The van der Waals surface area contributed by atoms with Crippen LogP contribution < -0.4 is 0 Å². The number of Topliss-reactive ketones (excluding diaryl/α,β-unsaturated/α-hetero) is 3. The summed E-state index contributed by atoms with van der Waals surface area (Å²) in [6.07, 6.45) is -1.49. The van der Waals surface area contributed by atoms with Crippen molar-refractivity contribution in [2.75, 3.05) is 0 Å². The maximum Gasteiger partial charge on any atom is 0.313 e. The van der Waals surface area contributed by atoms with Crippen LogP contribution in [0.25, 0.3) is 0 Å². The highest BCUT2D eigenvalue weighted by Crippen LogP contribution is 2.71. The largest absolute Gasteiger partial charge is 0.481 e. The number of rotatable bonds is 6. The molecule has 0 bridgehead atoms. The molecule has 4 rings (SSSR count). The van der Waals surface area contributed by atoms with Crippen LogP contribution in [0, 0.1) is 45.3 Å². The van der Waals surface area contributed by atoms with E-state index in [1.165, 1.54) is 6.92 Å². The van der Waals surface area contributed by atoms with Gasteiger partial charge in [-0.15, -0.1) is 0 Å². The van der Waals surface area contributed by atoms with Crippen LogP contribution in [-0.4, -0.2) is 62.1 Å². The van der Waals surface area contributed by atoms with Crippen LogP contribution in [0.15, 0.2) is 11.1 Å². The van der Waals surface area contributed by atoms with Crippen LogP contribution in [0.5, 0.6) is 0 Å². The standard InChI is InChI=1S/C30H44O8/c1-14(10-18(32)25(36)15(2)26(37)38)16-11-22(35)30(7)24-17(31)12-20-27(3,4)21(34)8-9-28(20,5)23(24)19(33)13-29(16,30)6/h14-18,20,22,31-32,35H,8-13H2,1-7H3,(H,37,38)/t14-,15-,16-,17-,18+,20-,22+,28+,29-,30+/m1/s1. The van der Waals surface area contributed by atoms with Gasteiger partial charge in [-0.1, -0.05) is 41.5 Å². The molecule has 38 heavy (non-hydrogen) atoms. The summed E-state index contributed by atoms with van der Waals surface area (Å²) in [6.45, 7) is 12.9. The summed E-state index contributed by atoms with van der Waals surface area (Å²) in [5, 5.41) is 43.0. The lowest BCUT2D eigenvalue weighted by atomic mass is 9.42. The zero-order chi connectivity index (χ0) is 28.7. The minimum atomic E-state index is -1.46. The number of allylic oxidation sites excluding steroid dienone is 1. The number of carboxylic acids is 1. The third kappa shape index (κ3) is 3.73. The van der Waals surface area contributed by atoms with Crippen molar-refractivity contribution in [2.45, 2.75) is 105 Å². The molecule has 212 valence electrons. The summed E-state index contributed by atoms with van der Waals surface area (Å²) in [6, 6.07) is 0. The number of carbonyl (C=O) groups is 4. The minimum Gasteiger partial charge on any atom is -0.481 e. The predicted molar refractivity (Wildman–Crippen MR) is 139 cm³/mol. The van der Waals surface area contributed by atoms with Gasteiger partial charge in [-0.2, -0.15) is 0 Å². The van der Waals surface area contributed by atoms with Gasteiger partial charge < -0.3 is 20.4 Å². The molecule has 4 aliphatic rings. The van der Waals surface area contributed by atoms with Gasteiger partial charge in [0.2, 0.25) is 0 Å². The fourth-order valence-electron chi connectivity index (χ4n) is 9.23. The van der Waals surface area contributed by atoms with Crippen molar-refractivity contribution in [1.29, 1.82) is 0 Å². The molecule has 2 saturated carbocycles. The third-order valence-electron chi connectivity index (χ3n) is 11.8. The smallest absolute Gasteiger partial charge is 0.313 e. The number of aliphatic hydroxyl groups excluding tert-OH is 3. The normalized spacial score (nSPS) is 42.6. The number of ketones is 3. The average molecular weight is 533 g/mol. The lowest BCUT2D eigenvalue weighted by Crippen LogP contribution is -2.60. The molecule has 2 fully saturated rings. The number of carbonyl (C=O) groups excluding carboxylic acids is 3.